The summed E-state index contributed by atoms with van der Waals surface area (Å²) in [5.41, 5.74) is 3.64. The average molecular weight is 480 g/mol. The van der Waals surface area contributed by atoms with E-state index in [-0.39, 0.29) is 10.8 Å². The number of nitrogens with zero attached hydrogens (tertiary/aromatic N) is 4. The van der Waals surface area contributed by atoms with Crippen molar-refractivity contribution in [3.8, 4) is 5.69 Å². The predicted octanol–water partition coefficient (Wildman–Crippen LogP) is 4.33. The summed E-state index contributed by atoms with van der Waals surface area (Å²) in [7, 11) is -2.01. The highest BCUT2D eigenvalue weighted by Crippen LogP contribution is 2.21. The van der Waals surface area contributed by atoms with Crippen molar-refractivity contribution in [2.75, 3.05) is 18.9 Å². The molecule has 0 spiro atoms. The molecule has 0 bridgehead atoms. The molecule has 0 unspecified atom stereocenters. The molecule has 34 heavy (non-hydrogen) atoms. The number of hydrogen-bond donors (Lipinski definition) is 1. The zero-order chi connectivity index (χ0) is 24.3. The highest BCUT2D eigenvalue weighted by atomic mass is 32.2. The molecule has 1 N–H and O–H groups in total. The Kier molecular flexibility index (Phi) is 6.83. The van der Waals surface area contributed by atoms with Crippen molar-refractivity contribution in [3.63, 3.8) is 0 Å². The van der Waals surface area contributed by atoms with Gasteiger partial charge in [-0.25, -0.2) is 4.68 Å². The first kappa shape index (κ1) is 23.7. The normalized spacial score (nSPS) is 15.9. The van der Waals surface area contributed by atoms with E-state index < -0.39 is 10.0 Å². The van der Waals surface area contributed by atoms with Gasteiger partial charge in [-0.05, 0) is 75.2 Å². The highest BCUT2D eigenvalue weighted by molar-refractivity contribution is 7.90. The Morgan fingerprint density at radius 1 is 1.03 bits per heavy atom. The number of aromatic nitrogens is 2. The smallest absolute Gasteiger partial charge is 0.284 e. The Bertz CT molecular complexity index is 1330. The number of carbonyl (C=O) groups is 1. The second-order valence-corrected chi connectivity index (χ2v) is 10.2. The van der Waals surface area contributed by atoms with Crippen LogP contribution in [0.2, 0.25) is 0 Å². The Morgan fingerprint density at radius 3 is 2.50 bits per heavy atom. The Hall–Kier alpha value is -3.46. The standard InChI is InChI=1S/C25H29N5O3S/c1-18-16-19(2)30(27-18)22-13-11-20(12-14-22)25(31)26-21-8-7-9-23(17-21)34(32,33)28-24-10-5-4-6-15-29(24)3/h7-9,11-14,16-17H,4-6,10,15H2,1-3H3,(H,26,31)/b28-24-. The van der Waals surface area contributed by atoms with Gasteiger partial charge in [0.25, 0.3) is 15.9 Å². The van der Waals surface area contributed by atoms with Crippen LogP contribution in [0.4, 0.5) is 5.69 Å². The summed E-state index contributed by atoms with van der Waals surface area (Å²) in [6, 6.07) is 15.3. The molecule has 0 atom stereocenters. The number of sulfonamides is 1. The molecule has 0 radical (unpaired) electrons. The van der Waals surface area contributed by atoms with E-state index in [2.05, 4.69) is 14.8 Å². The van der Waals surface area contributed by atoms with Crippen molar-refractivity contribution >= 4 is 27.5 Å². The number of amidine groups is 1. The van der Waals surface area contributed by atoms with E-state index in [9.17, 15) is 13.2 Å². The molecule has 0 aliphatic carbocycles. The van der Waals surface area contributed by atoms with E-state index in [1.807, 2.05) is 48.7 Å². The van der Waals surface area contributed by atoms with E-state index >= 15 is 0 Å². The third kappa shape index (κ3) is 5.36. The Morgan fingerprint density at radius 2 is 1.79 bits per heavy atom. The minimum atomic E-state index is -3.89. The molecule has 2 aromatic carbocycles. The molecule has 4 rings (SSSR count). The van der Waals surface area contributed by atoms with Crippen molar-refractivity contribution in [2.24, 2.45) is 4.40 Å². The number of nitrogens with one attached hydrogen (secondary N) is 1. The van der Waals surface area contributed by atoms with Crippen molar-refractivity contribution in [3.05, 3.63) is 71.5 Å². The van der Waals surface area contributed by atoms with E-state index in [4.69, 9.17) is 0 Å². The van der Waals surface area contributed by atoms with Crippen LogP contribution in [0.15, 0.2) is 63.9 Å². The van der Waals surface area contributed by atoms with E-state index in [0.29, 0.717) is 23.5 Å². The molecule has 8 nitrogen and oxygen atoms in total. The zero-order valence-electron chi connectivity index (χ0n) is 19.7. The lowest BCUT2D eigenvalue weighted by Gasteiger charge is -2.17. The number of benzene rings is 2. The first-order valence-electron chi connectivity index (χ1n) is 11.3. The van der Waals surface area contributed by atoms with Crippen molar-refractivity contribution < 1.29 is 13.2 Å². The number of rotatable bonds is 5. The third-order valence-corrected chi connectivity index (χ3v) is 7.13. The van der Waals surface area contributed by atoms with Crippen LogP contribution in [0, 0.1) is 13.8 Å². The van der Waals surface area contributed by atoms with Crippen LogP contribution in [0.5, 0.6) is 0 Å². The van der Waals surface area contributed by atoms with Crippen LogP contribution in [0.25, 0.3) is 5.69 Å². The topological polar surface area (TPSA) is 96.7 Å². The summed E-state index contributed by atoms with van der Waals surface area (Å²) in [5.74, 6) is 0.249. The van der Waals surface area contributed by atoms with E-state index in [1.165, 1.54) is 12.1 Å². The van der Waals surface area contributed by atoms with Gasteiger partial charge in [-0.2, -0.15) is 13.5 Å². The second kappa shape index (κ2) is 9.80. The summed E-state index contributed by atoms with van der Waals surface area (Å²) in [5, 5.41) is 7.24. The summed E-state index contributed by atoms with van der Waals surface area (Å²) >= 11 is 0. The fraction of sp³-hybridized carbons (Fsp3) is 0.320. The lowest BCUT2D eigenvalue weighted by Crippen LogP contribution is -2.26. The molecule has 0 saturated carbocycles. The fourth-order valence-corrected chi connectivity index (χ4v) is 5.16. The summed E-state index contributed by atoms with van der Waals surface area (Å²) < 4.78 is 31.8. The first-order chi connectivity index (χ1) is 16.2. The molecule has 1 aliphatic rings. The molecule has 178 valence electrons. The van der Waals surface area contributed by atoms with Crippen molar-refractivity contribution in [1.29, 1.82) is 0 Å². The Labute approximate surface area is 200 Å². The fourth-order valence-electron chi connectivity index (χ4n) is 4.02. The minimum absolute atomic E-state index is 0.0512. The molecular weight excluding hydrogens is 450 g/mol. The monoisotopic (exact) mass is 479 g/mol. The van der Waals surface area contributed by atoms with Gasteiger partial charge in [0.1, 0.15) is 5.84 Å². The van der Waals surface area contributed by atoms with Gasteiger partial charge in [0.05, 0.1) is 16.3 Å². The maximum Gasteiger partial charge on any atom is 0.284 e. The van der Waals surface area contributed by atoms with Gasteiger partial charge in [0.2, 0.25) is 0 Å². The second-order valence-electron chi connectivity index (χ2n) is 8.58. The molecule has 1 saturated heterocycles. The predicted molar refractivity (Wildman–Crippen MR) is 133 cm³/mol. The number of hydrogen-bond acceptors (Lipinski definition) is 4. The van der Waals surface area contributed by atoms with Gasteiger partial charge >= 0.3 is 0 Å². The SMILES string of the molecule is Cc1cc(C)n(-c2ccc(C(=O)Nc3cccc(S(=O)(=O)/N=C4/CCCCCN4C)c3)cc2)n1. The third-order valence-electron chi connectivity index (χ3n) is 5.83. The number of amides is 1. The molecule has 9 heteroatoms. The lowest BCUT2D eigenvalue weighted by atomic mass is 10.2. The van der Waals surface area contributed by atoms with Crippen molar-refractivity contribution in [2.45, 2.75) is 44.4 Å². The number of anilines is 1. The number of likely N-dealkylation sites (tertiary alicyclic amines) is 1. The van der Waals surface area contributed by atoms with Gasteiger partial charge in [-0.3, -0.25) is 4.79 Å². The van der Waals surface area contributed by atoms with Crippen LogP contribution >= 0.6 is 0 Å². The molecule has 1 aliphatic heterocycles. The zero-order valence-corrected chi connectivity index (χ0v) is 20.5. The summed E-state index contributed by atoms with van der Waals surface area (Å²) in [4.78, 5) is 14.7. The number of carbonyl (C=O) groups excluding carboxylic acids is 1. The van der Waals surface area contributed by atoms with Gasteiger partial charge in [0, 0.05) is 37.0 Å². The van der Waals surface area contributed by atoms with E-state index in [0.717, 1.165) is 42.9 Å². The molecule has 2 heterocycles. The summed E-state index contributed by atoms with van der Waals surface area (Å²) in [6.45, 7) is 4.70. The molecule has 1 amide bonds. The van der Waals surface area contributed by atoms with Crippen LogP contribution in [-0.2, 0) is 10.0 Å². The summed E-state index contributed by atoms with van der Waals surface area (Å²) in [6.07, 6.45) is 3.65. The maximum atomic E-state index is 12.9. The van der Waals surface area contributed by atoms with Gasteiger partial charge in [0.15, 0.2) is 0 Å². The largest absolute Gasteiger partial charge is 0.362 e. The van der Waals surface area contributed by atoms with Crippen LogP contribution < -0.4 is 5.32 Å². The van der Waals surface area contributed by atoms with Crippen LogP contribution in [0.3, 0.4) is 0 Å². The molecule has 1 aromatic heterocycles. The lowest BCUT2D eigenvalue weighted by molar-refractivity contribution is 0.102. The van der Waals surface area contributed by atoms with Gasteiger partial charge in [-0.1, -0.05) is 12.5 Å². The highest BCUT2D eigenvalue weighted by Gasteiger charge is 2.19. The Balaban J connectivity index is 1.51. The quantitative estimate of drug-likeness (QED) is 0.587. The minimum Gasteiger partial charge on any atom is -0.362 e. The maximum absolute atomic E-state index is 12.9. The van der Waals surface area contributed by atoms with Crippen LogP contribution in [0.1, 0.15) is 47.4 Å². The van der Waals surface area contributed by atoms with Crippen molar-refractivity contribution in [1.82, 2.24) is 14.7 Å². The molecule has 1 fully saturated rings. The van der Waals surface area contributed by atoms with Gasteiger partial charge in [-0.15, -0.1) is 4.40 Å². The van der Waals surface area contributed by atoms with E-state index in [1.54, 1.807) is 24.3 Å². The van der Waals surface area contributed by atoms with Crippen LogP contribution in [-0.4, -0.2) is 48.4 Å². The first-order valence-corrected chi connectivity index (χ1v) is 12.8. The van der Waals surface area contributed by atoms with Gasteiger partial charge < -0.3 is 10.2 Å². The molecular formula is C25H29N5O3S. The molecule has 3 aromatic rings. The average Bonchev–Trinajstić information content (AvgIpc) is 3.02. The number of aryl methyl sites for hydroxylation is 2.